The van der Waals surface area contributed by atoms with Gasteiger partial charge in [0.15, 0.2) is 5.82 Å². The maximum absolute atomic E-state index is 16.7. The molecule has 1 aromatic heterocycles. The van der Waals surface area contributed by atoms with Gasteiger partial charge in [-0.1, -0.05) is 35.9 Å². The highest BCUT2D eigenvalue weighted by Gasteiger charge is 2.31. The Kier molecular flexibility index (Phi) is 6.73. The third-order valence-electron chi connectivity index (χ3n) is 7.99. The summed E-state index contributed by atoms with van der Waals surface area (Å²) in [7, 11) is 0. The number of piperazine rings is 1. The van der Waals surface area contributed by atoms with Gasteiger partial charge in [0.05, 0.1) is 11.1 Å². The predicted molar refractivity (Wildman–Crippen MR) is 158 cm³/mol. The Balaban J connectivity index is 1.53. The molecule has 2 atom stereocenters. The second-order valence-electron chi connectivity index (χ2n) is 11.2. The van der Waals surface area contributed by atoms with E-state index in [-0.39, 0.29) is 40.0 Å². The van der Waals surface area contributed by atoms with Gasteiger partial charge in [0.25, 0.3) is 0 Å². The van der Waals surface area contributed by atoms with Gasteiger partial charge in [-0.2, -0.15) is 4.98 Å². The Bertz CT molecular complexity index is 1560. The van der Waals surface area contributed by atoms with Crippen LogP contribution in [0.1, 0.15) is 27.7 Å². The molecule has 3 N–H and O–H groups in total. The highest BCUT2D eigenvalue weighted by molar-refractivity contribution is 6.35. The van der Waals surface area contributed by atoms with E-state index in [9.17, 15) is 5.11 Å². The summed E-state index contributed by atoms with van der Waals surface area (Å²) in [5, 5.41) is 19.9. The minimum Gasteiger partial charge on any atom is -0.508 e. The first-order valence-electron chi connectivity index (χ1n) is 13.6. The summed E-state index contributed by atoms with van der Waals surface area (Å²) >= 11 is 6.84. The van der Waals surface area contributed by atoms with Crippen LogP contribution in [0.5, 0.6) is 5.75 Å². The number of nitrogens with zero attached hydrogens (tertiary/aromatic N) is 4. The van der Waals surface area contributed by atoms with Gasteiger partial charge in [-0.25, -0.2) is 9.37 Å². The Morgan fingerprint density at radius 3 is 2.62 bits per heavy atom. The number of hydrogen-bond acceptors (Lipinski definition) is 7. The van der Waals surface area contributed by atoms with Crippen molar-refractivity contribution in [2.75, 3.05) is 36.4 Å². The number of aromatic hydroxyl groups is 1. The monoisotopic (exact) mass is 548 g/mol. The van der Waals surface area contributed by atoms with Crippen molar-refractivity contribution in [3.05, 3.63) is 53.3 Å². The van der Waals surface area contributed by atoms with Gasteiger partial charge in [-0.3, -0.25) is 4.90 Å². The van der Waals surface area contributed by atoms with Crippen LogP contribution in [-0.4, -0.2) is 70.3 Å². The van der Waals surface area contributed by atoms with Gasteiger partial charge < -0.3 is 20.6 Å². The van der Waals surface area contributed by atoms with Crippen LogP contribution < -0.4 is 15.5 Å². The third-order valence-corrected chi connectivity index (χ3v) is 8.29. The fourth-order valence-electron chi connectivity index (χ4n) is 5.74. The largest absolute Gasteiger partial charge is 0.508 e. The lowest BCUT2D eigenvalue weighted by molar-refractivity contribution is 0.121. The van der Waals surface area contributed by atoms with Crippen molar-refractivity contribution in [2.24, 2.45) is 0 Å². The molecule has 6 rings (SSSR count). The van der Waals surface area contributed by atoms with Crippen LogP contribution in [0.25, 0.3) is 32.8 Å². The summed E-state index contributed by atoms with van der Waals surface area (Å²) < 4.78 is 16.7. The molecule has 0 saturated carbocycles. The van der Waals surface area contributed by atoms with Crippen LogP contribution in [0, 0.1) is 5.82 Å². The van der Waals surface area contributed by atoms with Crippen LogP contribution in [0.15, 0.2) is 42.5 Å². The zero-order valence-electron chi connectivity index (χ0n) is 22.7. The van der Waals surface area contributed by atoms with E-state index in [1.54, 1.807) is 18.2 Å². The highest BCUT2D eigenvalue weighted by Crippen LogP contribution is 2.42. The van der Waals surface area contributed by atoms with Gasteiger partial charge >= 0.3 is 0 Å². The SMILES string of the molecule is CC(C)N1CC(Nc2nc(N3C[C@@H](C)NC[C@@H]3C)c3cc(Cl)c(-c4cc(O)cc5ccccc45)c(F)c3n2)C1. The van der Waals surface area contributed by atoms with Crippen molar-refractivity contribution in [3.8, 4) is 16.9 Å². The summed E-state index contributed by atoms with van der Waals surface area (Å²) in [6.07, 6.45) is 0. The van der Waals surface area contributed by atoms with Crippen molar-refractivity contribution in [1.29, 1.82) is 0 Å². The van der Waals surface area contributed by atoms with Crippen LogP contribution in [0.3, 0.4) is 0 Å². The summed E-state index contributed by atoms with van der Waals surface area (Å²) in [6, 6.07) is 13.7. The Morgan fingerprint density at radius 1 is 1.08 bits per heavy atom. The summed E-state index contributed by atoms with van der Waals surface area (Å²) in [6.45, 7) is 11.9. The number of anilines is 2. The number of halogens is 2. The number of rotatable bonds is 5. The van der Waals surface area contributed by atoms with Crippen LogP contribution in [0.4, 0.5) is 16.2 Å². The topological polar surface area (TPSA) is 76.5 Å². The van der Waals surface area contributed by atoms with Crippen molar-refractivity contribution in [3.63, 3.8) is 0 Å². The maximum Gasteiger partial charge on any atom is 0.225 e. The third kappa shape index (κ3) is 4.75. The van der Waals surface area contributed by atoms with Crippen LogP contribution in [-0.2, 0) is 0 Å². The summed E-state index contributed by atoms with van der Waals surface area (Å²) in [4.78, 5) is 14.2. The van der Waals surface area contributed by atoms with Crippen LogP contribution in [0.2, 0.25) is 5.02 Å². The molecular formula is C30H34ClFN6O. The summed E-state index contributed by atoms with van der Waals surface area (Å²) in [5.74, 6) is 0.621. The maximum atomic E-state index is 16.7. The van der Waals surface area contributed by atoms with Crippen molar-refractivity contribution in [1.82, 2.24) is 20.2 Å². The highest BCUT2D eigenvalue weighted by atomic mass is 35.5. The Morgan fingerprint density at radius 2 is 1.85 bits per heavy atom. The number of phenolic OH excluding ortho intramolecular Hbond substituents is 1. The lowest BCUT2D eigenvalue weighted by Crippen LogP contribution is -2.57. The van der Waals surface area contributed by atoms with E-state index in [0.29, 0.717) is 28.8 Å². The Hall–Kier alpha value is -3.20. The molecule has 2 saturated heterocycles. The molecule has 3 heterocycles. The molecule has 4 aromatic rings. The average molecular weight is 549 g/mol. The first-order chi connectivity index (χ1) is 18.7. The van der Waals surface area contributed by atoms with E-state index < -0.39 is 5.82 Å². The number of likely N-dealkylation sites (tertiary alicyclic amines) is 1. The van der Waals surface area contributed by atoms with E-state index in [2.05, 4.69) is 48.1 Å². The summed E-state index contributed by atoms with van der Waals surface area (Å²) in [5.41, 5.74) is 0.969. The smallest absolute Gasteiger partial charge is 0.225 e. The second-order valence-corrected chi connectivity index (χ2v) is 11.6. The second kappa shape index (κ2) is 10.1. The molecule has 2 fully saturated rings. The van der Waals surface area contributed by atoms with Gasteiger partial charge in [0, 0.05) is 55.3 Å². The molecule has 9 heteroatoms. The Labute approximate surface area is 233 Å². The first-order valence-corrected chi connectivity index (χ1v) is 14.0. The molecule has 0 radical (unpaired) electrons. The molecule has 0 aliphatic carbocycles. The minimum atomic E-state index is -0.520. The zero-order valence-corrected chi connectivity index (χ0v) is 23.4. The van der Waals surface area contributed by atoms with Gasteiger partial charge in [0.1, 0.15) is 17.1 Å². The van der Waals surface area contributed by atoms with E-state index in [0.717, 1.165) is 37.0 Å². The first kappa shape index (κ1) is 26.0. The van der Waals surface area contributed by atoms with E-state index >= 15 is 4.39 Å². The molecule has 3 aromatic carbocycles. The molecule has 2 aliphatic heterocycles. The van der Waals surface area contributed by atoms with Gasteiger partial charge in [-0.15, -0.1) is 0 Å². The van der Waals surface area contributed by atoms with Gasteiger partial charge in [-0.05, 0) is 62.2 Å². The fourth-order valence-corrected chi connectivity index (χ4v) is 6.03. The minimum absolute atomic E-state index is 0.0494. The standard InChI is InChI=1S/C30H34ClFN6O/c1-16(2)37-14-20(15-37)34-30-35-28-24(29(36-30)38-13-17(3)33-12-18(38)4)11-25(31)26(27(28)32)23-10-21(39)9-19-7-5-6-8-22(19)23/h5-11,16-18,20,33,39H,12-15H2,1-4H3,(H,34,35,36)/t17-,18+/m1/s1. The molecule has 0 bridgehead atoms. The molecule has 39 heavy (non-hydrogen) atoms. The molecule has 204 valence electrons. The van der Waals surface area contributed by atoms with Gasteiger partial charge in [0.2, 0.25) is 5.95 Å². The lowest BCUT2D eigenvalue weighted by Gasteiger charge is -2.42. The quantitative estimate of drug-likeness (QED) is 0.298. The molecule has 0 spiro atoms. The molecule has 0 amide bonds. The van der Waals surface area contributed by atoms with E-state index in [1.165, 1.54) is 0 Å². The normalized spacial score (nSPS) is 20.6. The number of phenols is 1. The number of nitrogens with one attached hydrogen (secondary N) is 2. The molecule has 0 unspecified atom stereocenters. The number of fused-ring (bicyclic) bond motifs is 2. The average Bonchev–Trinajstić information content (AvgIpc) is 2.87. The predicted octanol–water partition coefficient (Wildman–Crippen LogP) is 5.64. The number of aromatic nitrogens is 2. The lowest BCUT2D eigenvalue weighted by atomic mass is 9.96. The van der Waals surface area contributed by atoms with Crippen molar-refractivity contribution >= 4 is 45.0 Å². The number of hydrogen-bond donors (Lipinski definition) is 3. The van der Waals surface area contributed by atoms with Crippen molar-refractivity contribution in [2.45, 2.75) is 51.9 Å². The van der Waals surface area contributed by atoms with Crippen molar-refractivity contribution < 1.29 is 9.50 Å². The van der Waals surface area contributed by atoms with E-state index in [1.807, 2.05) is 24.3 Å². The zero-order chi connectivity index (χ0) is 27.4. The van der Waals surface area contributed by atoms with E-state index in [4.69, 9.17) is 21.6 Å². The fraction of sp³-hybridized carbons (Fsp3) is 0.400. The molecule has 7 nitrogen and oxygen atoms in total. The molecule has 2 aliphatic rings. The molecular weight excluding hydrogens is 515 g/mol. The number of benzene rings is 3. The van der Waals surface area contributed by atoms with Crippen LogP contribution >= 0.6 is 11.6 Å².